The lowest BCUT2D eigenvalue weighted by Gasteiger charge is -2.07. The molecule has 3 heterocycles. The van der Waals surface area contributed by atoms with Crippen molar-refractivity contribution in [3.8, 4) is 0 Å². The van der Waals surface area contributed by atoms with Gasteiger partial charge in [-0.3, -0.25) is 23.9 Å². The van der Waals surface area contributed by atoms with E-state index in [1.807, 2.05) is 12.1 Å². The van der Waals surface area contributed by atoms with Crippen LogP contribution in [0.3, 0.4) is 0 Å². The molecule has 24 heavy (non-hydrogen) atoms. The number of anilines is 1. The lowest BCUT2D eigenvalue weighted by atomic mass is 10.2. The monoisotopic (exact) mass is 323 g/mol. The molecule has 0 radical (unpaired) electrons. The van der Waals surface area contributed by atoms with Crippen molar-refractivity contribution in [3.63, 3.8) is 0 Å². The van der Waals surface area contributed by atoms with Crippen LogP contribution in [-0.4, -0.2) is 35.4 Å². The standard InChI is InChI=1S/C15H13N7O2/c1-21-14-11(6-18-21)15(24)22(8-16-14)7-13(23)19-10-2-3-12-9(4-10)5-17-20-12/h2-6,8H,7H2,1H3,(H,17,20)(H,19,23). The Morgan fingerprint density at radius 2 is 2.21 bits per heavy atom. The number of carbonyl (C=O) groups is 1. The molecular weight excluding hydrogens is 310 g/mol. The quantitative estimate of drug-likeness (QED) is 0.575. The molecule has 4 aromatic rings. The van der Waals surface area contributed by atoms with E-state index in [2.05, 4.69) is 25.6 Å². The van der Waals surface area contributed by atoms with Crippen LogP contribution < -0.4 is 10.9 Å². The highest BCUT2D eigenvalue weighted by Crippen LogP contribution is 2.16. The van der Waals surface area contributed by atoms with E-state index in [1.54, 1.807) is 19.3 Å². The van der Waals surface area contributed by atoms with Gasteiger partial charge in [-0.25, -0.2) is 4.98 Å². The number of H-pyrrole nitrogens is 1. The van der Waals surface area contributed by atoms with Crippen molar-refractivity contribution in [2.45, 2.75) is 6.54 Å². The first-order valence-electron chi connectivity index (χ1n) is 7.22. The average molecular weight is 323 g/mol. The van der Waals surface area contributed by atoms with Gasteiger partial charge < -0.3 is 5.32 Å². The van der Waals surface area contributed by atoms with Crippen LogP contribution in [0.15, 0.2) is 41.7 Å². The van der Waals surface area contributed by atoms with Crippen molar-refractivity contribution in [2.24, 2.45) is 7.05 Å². The van der Waals surface area contributed by atoms with Gasteiger partial charge in [0.1, 0.15) is 18.3 Å². The minimum absolute atomic E-state index is 0.125. The Morgan fingerprint density at radius 1 is 1.33 bits per heavy atom. The van der Waals surface area contributed by atoms with Crippen molar-refractivity contribution in [1.82, 2.24) is 29.5 Å². The summed E-state index contributed by atoms with van der Waals surface area (Å²) in [5.41, 5.74) is 1.71. The zero-order valence-corrected chi connectivity index (χ0v) is 12.7. The minimum Gasteiger partial charge on any atom is -0.325 e. The molecule has 120 valence electrons. The second kappa shape index (κ2) is 5.30. The van der Waals surface area contributed by atoms with Gasteiger partial charge in [0.2, 0.25) is 5.91 Å². The summed E-state index contributed by atoms with van der Waals surface area (Å²) >= 11 is 0. The second-order valence-corrected chi connectivity index (χ2v) is 5.40. The number of carbonyl (C=O) groups excluding carboxylic acids is 1. The first-order valence-corrected chi connectivity index (χ1v) is 7.22. The molecule has 0 bridgehead atoms. The number of benzene rings is 1. The molecule has 0 aliphatic heterocycles. The maximum atomic E-state index is 12.3. The first-order chi connectivity index (χ1) is 11.6. The summed E-state index contributed by atoms with van der Waals surface area (Å²) in [4.78, 5) is 28.7. The van der Waals surface area contributed by atoms with E-state index < -0.39 is 0 Å². The Kier molecular flexibility index (Phi) is 3.12. The van der Waals surface area contributed by atoms with E-state index >= 15 is 0 Å². The van der Waals surface area contributed by atoms with Gasteiger partial charge in [-0.1, -0.05) is 0 Å². The third-order valence-electron chi connectivity index (χ3n) is 3.76. The summed E-state index contributed by atoms with van der Waals surface area (Å²) in [6, 6.07) is 5.40. The predicted octanol–water partition coefficient (Wildman–Crippen LogP) is 0.645. The highest BCUT2D eigenvalue weighted by molar-refractivity contribution is 5.93. The third-order valence-corrected chi connectivity index (χ3v) is 3.76. The molecule has 0 unspecified atom stereocenters. The number of hydrogen-bond acceptors (Lipinski definition) is 5. The van der Waals surface area contributed by atoms with Gasteiger partial charge in [0.25, 0.3) is 5.56 Å². The molecule has 0 fully saturated rings. The van der Waals surface area contributed by atoms with Crippen LogP contribution in [0.25, 0.3) is 21.9 Å². The van der Waals surface area contributed by atoms with Gasteiger partial charge in [0.05, 0.1) is 17.9 Å². The second-order valence-electron chi connectivity index (χ2n) is 5.40. The van der Waals surface area contributed by atoms with Crippen LogP contribution in [-0.2, 0) is 18.4 Å². The van der Waals surface area contributed by atoms with Crippen LogP contribution in [0.4, 0.5) is 5.69 Å². The maximum Gasteiger partial charge on any atom is 0.264 e. The predicted molar refractivity (Wildman–Crippen MR) is 87.5 cm³/mol. The lowest BCUT2D eigenvalue weighted by Crippen LogP contribution is -2.27. The molecular formula is C15H13N7O2. The molecule has 3 aromatic heterocycles. The number of aryl methyl sites for hydroxylation is 1. The summed E-state index contributed by atoms with van der Waals surface area (Å²) in [5, 5.41) is 14.8. The van der Waals surface area contributed by atoms with Gasteiger partial charge in [0.15, 0.2) is 5.65 Å². The Bertz CT molecular complexity index is 1120. The molecule has 0 aliphatic rings. The Morgan fingerprint density at radius 3 is 3.08 bits per heavy atom. The summed E-state index contributed by atoms with van der Waals surface area (Å²) in [5.74, 6) is -0.315. The highest BCUT2D eigenvalue weighted by atomic mass is 16.2. The van der Waals surface area contributed by atoms with E-state index in [0.717, 1.165) is 10.9 Å². The normalized spacial score (nSPS) is 11.2. The van der Waals surface area contributed by atoms with Gasteiger partial charge in [0, 0.05) is 18.1 Å². The van der Waals surface area contributed by atoms with Gasteiger partial charge >= 0.3 is 0 Å². The molecule has 0 spiro atoms. The fourth-order valence-electron chi connectivity index (χ4n) is 2.55. The average Bonchev–Trinajstić information content (AvgIpc) is 3.17. The van der Waals surface area contributed by atoms with Gasteiger partial charge in [-0.2, -0.15) is 10.2 Å². The number of fused-ring (bicyclic) bond motifs is 2. The van der Waals surface area contributed by atoms with Crippen molar-refractivity contribution in [2.75, 3.05) is 5.32 Å². The van der Waals surface area contributed by atoms with E-state index in [1.165, 1.54) is 21.8 Å². The molecule has 4 rings (SSSR count). The van der Waals surface area contributed by atoms with E-state index in [-0.39, 0.29) is 18.0 Å². The number of amides is 1. The minimum atomic E-state index is -0.315. The molecule has 2 N–H and O–H groups in total. The molecule has 1 amide bonds. The van der Waals surface area contributed by atoms with Gasteiger partial charge in [-0.15, -0.1) is 0 Å². The fourth-order valence-corrected chi connectivity index (χ4v) is 2.55. The zero-order chi connectivity index (χ0) is 16.7. The topological polar surface area (TPSA) is 110 Å². The summed E-state index contributed by atoms with van der Waals surface area (Å²) in [6.45, 7) is -0.125. The van der Waals surface area contributed by atoms with Crippen LogP contribution in [0.2, 0.25) is 0 Å². The lowest BCUT2D eigenvalue weighted by molar-refractivity contribution is -0.116. The van der Waals surface area contributed by atoms with Crippen molar-refractivity contribution in [3.05, 3.63) is 47.3 Å². The largest absolute Gasteiger partial charge is 0.325 e. The number of aromatic amines is 1. The Labute approximate surface area is 134 Å². The number of nitrogens with zero attached hydrogens (tertiary/aromatic N) is 5. The molecule has 9 nitrogen and oxygen atoms in total. The number of rotatable bonds is 3. The molecule has 0 saturated carbocycles. The Hall–Kier alpha value is -3.49. The van der Waals surface area contributed by atoms with Crippen molar-refractivity contribution in [1.29, 1.82) is 0 Å². The smallest absolute Gasteiger partial charge is 0.264 e. The van der Waals surface area contributed by atoms with Crippen molar-refractivity contribution >= 4 is 33.5 Å². The SMILES string of the molecule is Cn1ncc2c(=O)n(CC(=O)Nc3ccc4[nH]ncc4c3)cnc21. The zero-order valence-electron chi connectivity index (χ0n) is 12.7. The van der Waals surface area contributed by atoms with Crippen LogP contribution in [0.5, 0.6) is 0 Å². The van der Waals surface area contributed by atoms with E-state index in [0.29, 0.717) is 16.7 Å². The fraction of sp³-hybridized carbons (Fsp3) is 0.133. The molecule has 0 atom stereocenters. The third kappa shape index (κ3) is 2.32. The number of aromatic nitrogens is 6. The molecule has 0 aliphatic carbocycles. The first kappa shape index (κ1) is 14.1. The van der Waals surface area contributed by atoms with Crippen LogP contribution in [0.1, 0.15) is 0 Å². The summed E-state index contributed by atoms with van der Waals surface area (Å²) < 4.78 is 2.77. The van der Waals surface area contributed by atoms with E-state index in [4.69, 9.17) is 0 Å². The number of hydrogen-bond donors (Lipinski definition) is 2. The summed E-state index contributed by atoms with van der Waals surface area (Å²) in [6.07, 6.45) is 4.48. The maximum absolute atomic E-state index is 12.3. The van der Waals surface area contributed by atoms with E-state index in [9.17, 15) is 9.59 Å². The molecule has 1 aromatic carbocycles. The molecule has 9 heteroatoms. The van der Waals surface area contributed by atoms with Crippen LogP contribution >= 0.6 is 0 Å². The highest BCUT2D eigenvalue weighted by Gasteiger charge is 2.11. The number of nitrogens with one attached hydrogen (secondary N) is 2. The summed E-state index contributed by atoms with van der Waals surface area (Å²) in [7, 11) is 1.71. The van der Waals surface area contributed by atoms with Crippen LogP contribution in [0, 0.1) is 0 Å². The Balaban J connectivity index is 1.57. The van der Waals surface area contributed by atoms with Gasteiger partial charge in [-0.05, 0) is 18.2 Å². The van der Waals surface area contributed by atoms with Crippen molar-refractivity contribution < 1.29 is 4.79 Å². The molecule has 0 saturated heterocycles.